The van der Waals surface area contributed by atoms with Gasteiger partial charge in [0.15, 0.2) is 0 Å². The first kappa shape index (κ1) is 24.5. The Morgan fingerprint density at radius 3 is 1.55 bits per heavy atom. The molecule has 0 aliphatic carbocycles. The maximum atomic E-state index is 9.10. The molecule has 0 N–H and O–H groups in total. The molecule has 53 heavy (non-hydrogen) atoms. The predicted octanol–water partition coefficient (Wildman–Crippen LogP) is 14.0. The zero-order chi connectivity index (χ0) is 41.2. The minimum Gasteiger partial charge on any atom is -0.254 e. The number of rotatable bonds is 6. The minimum atomic E-state index is -0.459. The van der Waals surface area contributed by atoms with Crippen LogP contribution in [0.15, 0.2) is 194 Å². The smallest absolute Gasteiger partial charge is 0.0972 e. The lowest BCUT2D eigenvalue weighted by atomic mass is 9.89. The van der Waals surface area contributed by atoms with Crippen molar-refractivity contribution < 1.29 is 9.60 Å². The summed E-state index contributed by atoms with van der Waals surface area (Å²) in [5, 5.41) is 1.61. The van der Waals surface area contributed by atoms with Crippen LogP contribution in [0.5, 0.6) is 0 Å². The topological polar surface area (TPSA) is 25.8 Å². The maximum absolute atomic E-state index is 9.10. The molecule has 0 radical (unpaired) electrons. The van der Waals surface area contributed by atoms with E-state index in [2.05, 4.69) is 102 Å². The highest BCUT2D eigenvalue weighted by molar-refractivity contribution is 7.20. The third-order valence-electron chi connectivity index (χ3n) is 9.66. The van der Waals surface area contributed by atoms with Crippen molar-refractivity contribution in [3.8, 4) is 65.5 Å². The summed E-state index contributed by atoms with van der Waals surface area (Å²) in [5.74, 6) is 0. The molecule has 248 valence electrons. The summed E-state index contributed by atoms with van der Waals surface area (Å²) in [6, 6.07) is 50.0. The van der Waals surface area contributed by atoms with Gasteiger partial charge >= 0.3 is 0 Å². The second-order valence-corrected chi connectivity index (χ2v) is 13.8. The molecule has 10 aromatic rings. The Bertz CT molecular complexity index is 3320. The molecule has 0 fully saturated rings. The van der Waals surface area contributed by atoms with Crippen molar-refractivity contribution >= 4 is 43.9 Å². The fourth-order valence-corrected chi connectivity index (χ4v) is 8.54. The molecule has 3 heterocycles. The van der Waals surface area contributed by atoms with Crippen LogP contribution in [-0.4, -0.2) is 9.97 Å². The first-order chi connectivity index (χ1) is 29.2. The summed E-state index contributed by atoms with van der Waals surface area (Å²) in [4.78, 5) is 11.5. The fraction of sp³-hybridized carbons (Fsp3) is 0. The Morgan fingerprint density at radius 2 is 0.906 bits per heavy atom. The van der Waals surface area contributed by atoms with Crippen LogP contribution >= 0.6 is 11.3 Å². The summed E-state index contributed by atoms with van der Waals surface area (Å²) in [5.41, 5.74) is 9.72. The Morgan fingerprint density at radius 1 is 0.415 bits per heavy atom. The zero-order valence-corrected chi connectivity index (χ0v) is 29.1. The van der Waals surface area contributed by atoms with E-state index >= 15 is 0 Å². The van der Waals surface area contributed by atoms with Gasteiger partial charge in [0.2, 0.25) is 0 Å². The Labute approximate surface area is 322 Å². The van der Waals surface area contributed by atoms with Gasteiger partial charge in [-0.15, -0.1) is 11.3 Å². The highest BCUT2D eigenvalue weighted by Gasteiger charge is 2.23. The van der Waals surface area contributed by atoms with E-state index < -0.39 is 12.2 Å². The van der Waals surface area contributed by atoms with E-state index in [9.17, 15) is 0 Å². The molecule has 3 aromatic heterocycles. The van der Waals surface area contributed by atoms with Crippen molar-refractivity contribution in [3.05, 3.63) is 194 Å². The van der Waals surface area contributed by atoms with Gasteiger partial charge in [0, 0.05) is 43.4 Å². The third kappa shape index (κ3) is 5.50. The van der Waals surface area contributed by atoms with E-state index in [0.29, 0.717) is 5.56 Å². The number of benzene rings is 7. The van der Waals surface area contributed by atoms with Crippen LogP contribution in [-0.2, 0) is 0 Å². The monoisotopic (exact) mass is 699 g/mol. The number of aromatic nitrogens is 2. The Balaban J connectivity index is 1.14. The molecule has 0 amide bonds. The van der Waals surface area contributed by atoms with Crippen molar-refractivity contribution in [1.29, 1.82) is 0 Å². The van der Waals surface area contributed by atoms with Gasteiger partial charge in [-0.2, -0.15) is 0 Å². The molecule has 0 saturated carbocycles. The zero-order valence-electron chi connectivity index (χ0n) is 35.2. The van der Waals surface area contributed by atoms with Gasteiger partial charge in [0.25, 0.3) is 0 Å². The van der Waals surface area contributed by atoms with Gasteiger partial charge in [-0.25, -0.2) is 4.98 Å². The molecule has 0 bridgehead atoms. The summed E-state index contributed by atoms with van der Waals surface area (Å²) in [7, 11) is 0. The van der Waals surface area contributed by atoms with E-state index in [4.69, 9.17) is 14.6 Å². The number of hydrogen-bond acceptors (Lipinski definition) is 3. The standard InChI is InChI=1S/C50H32N2S/c1-4-13-34(14-5-1)45-46(50(39-17-8-3-9-18-39)53-49(45)38-15-6-2-7-16-38)35-24-22-33(23-25-35)40-29-30-43(42-21-11-10-20-41(40)42)44-31-28-37-27-26-36-19-12-32-51-47(36)48(37)52-44/h1-32H/i12D,19D,26D,27D,28D,31D,32D. The van der Waals surface area contributed by atoms with Crippen LogP contribution in [0.3, 0.4) is 0 Å². The molecule has 0 aliphatic heterocycles. The normalized spacial score (nSPS) is 13.2. The summed E-state index contributed by atoms with van der Waals surface area (Å²) >= 11 is 1.81. The largest absolute Gasteiger partial charge is 0.254 e. The van der Waals surface area contributed by atoms with Crippen LogP contribution in [0.1, 0.15) is 9.60 Å². The number of nitrogens with zero attached hydrogens (tertiary/aromatic N) is 2. The molecule has 0 unspecified atom stereocenters. The molecule has 0 saturated heterocycles. The lowest BCUT2D eigenvalue weighted by molar-refractivity contribution is 1.37. The van der Waals surface area contributed by atoms with Gasteiger partial charge in [0.1, 0.15) is 0 Å². The van der Waals surface area contributed by atoms with Gasteiger partial charge in [-0.05, 0) is 56.2 Å². The third-order valence-corrected chi connectivity index (χ3v) is 10.9. The molecule has 0 spiro atoms. The van der Waals surface area contributed by atoms with Crippen LogP contribution in [0.25, 0.3) is 98.1 Å². The van der Waals surface area contributed by atoms with E-state index in [1.165, 1.54) is 20.9 Å². The number of pyridine rings is 2. The van der Waals surface area contributed by atoms with Crippen LogP contribution in [0.2, 0.25) is 0 Å². The SMILES string of the molecule is [2H]c1nc2c(c([2H])c1[2H])c([2H])c([2H])c1c([2H])c([2H])c(-c3ccc(-c4ccc(-c5c(-c6ccccc6)sc(-c6ccccc6)c5-c5ccccc5)cc4)c4ccccc34)nc12. The maximum Gasteiger partial charge on any atom is 0.0972 e. The molecular formula is C50H32N2S. The summed E-state index contributed by atoms with van der Waals surface area (Å²) in [6.45, 7) is 0. The minimum absolute atomic E-state index is 0.000112. The average molecular weight is 700 g/mol. The van der Waals surface area contributed by atoms with E-state index in [1.54, 1.807) is 11.3 Å². The first-order valence-electron chi connectivity index (χ1n) is 20.8. The predicted molar refractivity (Wildman–Crippen MR) is 225 cm³/mol. The van der Waals surface area contributed by atoms with Crippen molar-refractivity contribution in [3.63, 3.8) is 0 Å². The fourth-order valence-electron chi connectivity index (χ4n) is 7.19. The van der Waals surface area contributed by atoms with Crippen molar-refractivity contribution in [2.75, 3.05) is 0 Å². The summed E-state index contributed by atoms with van der Waals surface area (Å²) in [6.07, 6.45) is -0.459. The van der Waals surface area contributed by atoms with Crippen LogP contribution in [0.4, 0.5) is 0 Å². The molecule has 2 nitrogen and oxygen atoms in total. The highest BCUT2D eigenvalue weighted by Crippen LogP contribution is 2.52. The number of fused-ring (bicyclic) bond motifs is 4. The van der Waals surface area contributed by atoms with Gasteiger partial charge < -0.3 is 0 Å². The number of thiophene rings is 1. The van der Waals surface area contributed by atoms with Gasteiger partial charge in [-0.3, -0.25) is 4.98 Å². The molecule has 7 aromatic carbocycles. The first-order valence-corrected chi connectivity index (χ1v) is 18.2. The van der Waals surface area contributed by atoms with Gasteiger partial charge in [-0.1, -0.05) is 176 Å². The second-order valence-electron chi connectivity index (χ2n) is 12.8. The lowest BCUT2D eigenvalue weighted by Crippen LogP contribution is -1.91. The molecule has 10 rings (SSSR count). The average Bonchev–Trinajstić information content (AvgIpc) is 3.70. The van der Waals surface area contributed by atoms with Gasteiger partial charge in [0.05, 0.1) is 26.3 Å². The van der Waals surface area contributed by atoms with Crippen molar-refractivity contribution in [2.45, 2.75) is 0 Å². The quantitative estimate of drug-likeness (QED) is 0.161. The second kappa shape index (κ2) is 13.1. The van der Waals surface area contributed by atoms with Crippen LogP contribution < -0.4 is 0 Å². The van der Waals surface area contributed by atoms with E-state index in [1.807, 2.05) is 54.6 Å². The Kier molecular flexibility index (Phi) is 6.07. The van der Waals surface area contributed by atoms with Crippen molar-refractivity contribution in [1.82, 2.24) is 9.97 Å². The highest BCUT2D eigenvalue weighted by atomic mass is 32.1. The van der Waals surface area contributed by atoms with E-state index in [0.717, 1.165) is 44.2 Å². The summed E-state index contributed by atoms with van der Waals surface area (Å²) < 4.78 is 60.3. The molecule has 0 atom stereocenters. The molecule has 3 heteroatoms. The number of hydrogen-bond donors (Lipinski definition) is 0. The van der Waals surface area contributed by atoms with E-state index in [-0.39, 0.29) is 57.7 Å². The molecule has 0 aliphatic rings. The Hall–Kier alpha value is -6.68. The molecular weight excluding hydrogens is 661 g/mol. The van der Waals surface area contributed by atoms with Crippen molar-refractivity contribution in [2.24, 2.45) is 0 Å². The van der Waals surface area contributed by atoms with Crippen LogP contribution in [0, 0.1) is 0 Å². The lowest BCUT2D eigenvalue weighted by Gasteiger charge is -2.14.